The summed E-state index contributed by atoms with van der Waals surface area (Å²) in [6.45, 7) is 2.12. The van der Waals surface area contributed by atoms with Gasteiger partial charge in [-0.25, -0.2) is 4.98 Å². The summed E-state index contributed by atoms with van der Waals surface area (Å²) in [5.41, 5.74) is 6.36. The van der Waals surface area contributed by atoms with Crippen LogP contribution in [0.5, 0.6) is 0 Å². The Hall–Kier alpha value is -3.53. The van der Waals surface area contributed by atoms with Gasteiger partial charge >= 0.3 is 0 Å². The fourth-order valence-corrected chi connectivity index (χ4v) is 4.40. The van der Waals surface area contributed by atoms with Gasteiger partial charge in [0.2, 0.25) is 0 Å². The van der Waals surface area contributed by atoms with Crippen molar-refractivity contribution in [2.45, 2.75) is 6.92 Å². The molecule has 0 aliphatic rings. The first kappa shape index (κ1) is 15.5. The quantitative estimate of drug-likeness (QED) is 0.400. The van der Waals surface area contributed by atoms with Crippen molar-refractivity contribution in [1.29, 1.82) is 0 Å². The molecule has 6 aromatic rings. The number of hydrogen-bond acceptors (Lipinski definition) is 2. The Balaban J connectivity index is 1.93. The van der Waals surface area contributed by atoms with Gasteiger partial charge in [0.05, 0.1) is 11.0 Å². The standard InChI is InChI=1S/C24H17BN2O/c1-14-13-18-22(23-16-8-3-5-10-19(16)28-24(14)23)15-7-2-4-9-17(15)27(18)21-12-6-11-20(25)26-21/h2-13H,25H2,1H3. The maximum absolute atomic E-state index is 6.25. The number of furan rings is 1. The van der Waals surface area contributed by atoms with Crippen LogP contribution in [0.4, 0.5) is 0 Å². The third-order valence-corrected chi connectivity index (χ3v) is 5.57. The number of aromatic nitrogens is 2. The Kier molecular flexibility index (Phi) is 3.04. The molecular weight excluding hydrogens is 343 g/mol. The molecular formula is C24H17BN2O. The fourth-order valence-electron chi connectivity index (χ4n) is 4.40. The lowest BCUT2D eigenvalue weighted by Crippen LogP contribution is -2.10. The van der Waals surface area contributed by atoms with Gasteiger partial charge < -0.3 is 4.42 Å². The van der Waals surface area contributed by atoms with E-state index in [0.29, 0.717) is 0 Å². The summed E-state index contributed by atoms with van der Waals surface area (Å²) in [5.74, 6) is 0.942. The fraction of sp³-hybridized carbons (Fsp3) is 0.0417. The SMILES string of the molecule is Bc1cccc(-n2c3ccccc3c3c4c(oc5ccccc54)c(C)cc32)n1. The van der Waals surface area contributed by atoms with Crippen molar-refractivity contribution in [3.8, 4) is 5.82 Å². The minimum atomic E-state index is 0.929. The second-order valence-electron chi connectivity index (χ2n) is 7.38. The second-order valence-corrected chi connectivity index (χ2v) is 7.38. The van der Waals surface area contributed by atoms with Crippen LogP contribution in [0, 0.1) is 6.92 Å². The van der Waals surface area contributed by atoms with E-state index in [-0.39, 0.29) is 0 Å². The molecule has 3 nitrogen and oxygen atoms in total. The van der Waals surface area contributed by atoms with E-state index in [1.807, 2.05) is 26.0 Å². The molecule has 0 unspecified atom stereocenters. The number of fused-ring (bicyclic) bond motifs is 7. The Morgan fingerprint density at radius 2 is 1.61 bits per heavy atom. The van der Waals surface area contributed by atoms with Crippen molar-refractivity contribution in [2.75, 3.05) is 0 Å². The highest BCUT2D eigenvalue weighted by Crippen LogP contribution is 2.42. The maximum atomic E-state index is 6.25. The molecule has 0 spiro atoms. The Labute approximate surface area is 162 Å². The highest BCUT2D eigenvalue weighted by molar-refractivity contribution is 6.31. The van der Waals surface area contributed by atoms with Gasteiger partial charge in [-0.05, 0) is 42.3 Å². The lowest BCUT2D eigenvalue weighted by Gasteiger charge is -2.08. The van der Waals surface area contributed by atoms with Crippen LogP contribution in [0.2, 0.25) is 0 Å². The first-order valence-electron chi connectivity index (χ1n) is 9.50. The smallest absolute Gasteiger partial charge is 0.164 e. The van der Waals surface area contributed by atoms with Gasteiger partial charge in [0, 0.05) is 21.5 Å². The minimum absolute atomic E-state index is 0.929. The monoisotopic (exact) mass is 360 g/mol. The van der Waals surface area contributed by atoms with Crippen molar-refractivity contribution in [2.24, 2.45) is 0 Å². The number of benzene rings is 3. The first-order chi connectivity index (χ1) is 13.7. The summed E-state index contributed by atoms with van der Waals surface area (Å²) in [6, 6.07) is 25.2. The molecule has 0 amide bonds. The highest BCUT2D eigenvalue weighted by Gasteiger charge is 2.20. The number of para-hydroxylation sites is 2. The summed E-state index contributed by atoms with van der Waals surface area (Å²) in [4.78, 5) is 4.82. The van der Waals surface area contributed by atoms with Crippen molar-refractivity contribution >= 4 is 57.2 Å². The maximum Gasteiger partial charge on any atom is 0.164 e. The normalized spacial score (nSPS) is 11.9. The molecule has 0 aliphatic carbocycles. The van der Waals surface area contributed by atoms with Crippen molar-refractivity contribution in [3.63, 3.8) is 0 Å². The molecule has 3 aromatic heterocycles. The molecule has 132 valence electrons. The topological polar surface area (TPSA) is 31.0 Å². The molecule has 0 fully saturated rings. The predicted molar refractivity (Wildman–Crippen MR) is 119 cm³/mol. The van der Waals surface area contributed by atoms with Crippen LogP contribution < -0.4 is 5.59 Å². The van der Waals surface area contributed by atoms with Crippen LogP contribution in [-0.4, -0.2) is 17.4 Å². The number of pyridine rings is 1. The molecule has 3 heterocycles. The van der Waals surface area contributed by atoms with Gasteiger partial charge in [-0.1, -0.05) is 48.5 Å². The van der Waals surface area contributed by atoms with Crippen molar-refractivity contribution in [3.05, 3.63) is 78.4 Å². The molecule has 0 bridgehead atoms. The average Bonchev–Trinajstić information content (AvgIpc) is 3.24. The van der Waals surface area contributed by atoms with Crippen LogP contribution in [0.25, 0.3) is 49.6 Å². The van der Waals surface area contributed by atoms with E-state index in [1.54, 1.807) is 0 Å². The largest absolute Gasteiger partial charge is 0.456 e. The van der Waals surface area contributed by atoms with E-state index in [1.165, 1.54) is 16.2 Å². The molecule has 0 radical (unpaired) electrons. The van der Waals surface area contributed by atoms with Gasteiger partial charge in [-0.3, -0.25) is 4.57 Å². The molecule has 0 N–H and O–H groups in total. The summed E-state index contributed by atoms with van der Waals surface area (Å²) in [5, 5.41) is 4.79. The summed E-state index contributed by atoms with van der Waals surface area (Å²) < 4.78 is 8.52. The third kappa shape index (κ3) is 1.97. The second kappa shape index (κ2) is 5.49. The van der Waals surface area contributed by atoms with Crippen LogP contribution >= 0.6 is 0 Å². The minimum Gasteiger partial charge on any atom is -0.456 e. The number of hydrogen-bond donors (Lipinski definition) is 0. The number of nitrogens with zero attached hydrogens (tertiary/aromatic N) is 2. The summed E-state index contributed by atoms with van der Waals surface area (Å²) >= 11 is 0. The van der Waals surface area contributed by atoms with Crippen LogP contribution in [-0.2, 0) is 0 Å². The van der Waals surface area contributed by atoms with Gasteiger partial charge in [-0.15, -0.1) is 0 Å². The predicted octanol–water partition coefficient (Wildman–Crippen LogP) is 4.64. The van der Waals surface area contributed by atoms with E-state index in [4.69, 9.17) is 9.40 Å². The molecule has 0 atom stereocenters. The molecule has 0 saturated carbocycles. The molecule has 4 heteroatoms. The molecule has 0 aliphatic heterocycles. The van der Waals surface area contributed by atoms with E-state index < -0.39 is 0 Å². The Bertz CT molecular complexity index is 1540. The highest BCUT2D eigenvalue weighted by atomic mass is 16.3. The van der Waals surface area contributed by atoms with Crippen molar-refractivity contribution in [1.82, 2.24) is 9.55 Å². The van der Waals surface area contributed by atoms with E-state index in [9.17, 15) is 0 Å². The van der Waals surface area contributed by atoms with E-state index in [2.05, 4.69) is 66.1 Å². The zero-order valence-corrected chi connectivity index (χ0v) is 15.7. The lowest BCUT2D eigenvalue weighted by atomic mass is 10.0. The Morgan fingerprint density at radius 1 is 0.821 bits per heavy atom. The van der Waals surface area contributed by atoms with Gasteiger partial charge in [0.15, 0.2) is 7.85 Å². The van der Waals surface area contributed by atoms with Gasteiger partial charge in [0.25, 0.3) is 0 Å². The van der Waals surface area contributed by atoms with Crippen LogP contribution in [0.3, 0.4) is 0 Å². The van der Waals surface area contributed by atoms with Crippen molar-refractivity contribution < 1.29 is 4.42 Å². The first-order valence-corrected chi connectivity index (χ1v) is 9.50. The third-order valence-electron chi connectivity index (χ3n) is 5.57. The zero-order valence-electron chi connectivity index (χ0n) is 15.7. The van der Waals surface area contributed by atoms with Crippen LogP contribution in [0.1, 0.15) is 5.56 Å². The molecule has 6 rings (SSSR count). The zero-order chi connectivity index (χ0) is 18.8. The lowest BCUT2D eigenvalue weighted by molar-refractivity contribution is 0.666. The summed E-state index contributed by atoms with van der Waals surface area (Å²) in [6.07, 6.45) is 0. The van der Waals surface area contributed by atoms with Gasteiger partial charge in [-0.2, -0.15) is 0 Å². The van der Waals surface area contributed by atoms with E-state index >= 15 is 0 Å². The molecule has 28 heavy (non-hydrogen) atoms. The number of aryl methyl sites for hydroxylation is 1. The van der Waals surface area contributed by atoms with E-state index in [0.717, 1.165) is 44.6 Å². The van der Waals surface area contributed by atoms with Crippen LogP contribution in [0.15, 0.2) is 77.2 Å². The molecule has 3 aromatic carbocycles. The summed E-state index contributed by atoms with van der Waals surface area (Å²) in [7, 11) is 2.03. The van der Waals surface area contributed by atoms with Gasteiger partial charge in [0.1, 0.15) is 17.0 Å². The Morgan fingerprint density at radius 3 is 2.46 bits per heavy atom. The average molecular weight is 360 g/mol. The molecule has 0 saturated heterocycles. The number of rotatable bonds is 1.